The van der Waals surface area contributed by atoms with Crippen LogP contribution in [0.1, 0.15) is 24.3 Å². The predicted molar refractivity (Wildman–Crippen MR) is 59.9 cm³/mol. The van der Waals surface area contributed by atoms with Crippen LogP contribution in [0.3, 0.4) is 0 Å². The number of aliphatic hydroxyl groups is 1. The molecule has 6 nitrogen and oxygen atoms in total. The SMILES string of the molecule is CC(C)C(CO)Nc1ccc(C(N)=O)nn1. The summed E-state index contributed by atoms with van der Waals surface area (Å²) < 4.78 is 0. The molecule has 1 aromatic heterocycles. The lowest BCUT2D eigenvalue weighted by Gasteiger charge is -2.19. The molecule has 0 spiro atoms. The number of rotatable bonds is 5. The van der Waals surface area contributed by atoms with Crippen LogP contribution >= 0.6 is 0 Å². The van der Waals surface area contributed by atoms with Gasteiger partial charge in [0.1, 0.15) is 5.82 Å². The van der Waals surface area contributed by atoms with Crippen LogP contribution in [0.2, 0.25) is 0 Å². The second-order valence-electron chi connectivity index (χ2n) is 3.85. The van der Waals surface area contributed by atoms with Gasteiger partial charge < -0.3 is 16.2 Å². The molecule has 6 heteroatoms. The number of aliphatic hydroxyl groups excluding tert-OH is 1. The highest BCUT2D eigenvalue weighted by Crippen LogP contribution is 2.09. The second-order valence-corrected chi connectivity index (χ2v) is 3.85. The molecule has 0 fully saturated rings. The monoisotopic (exact) mass is 224 g/mol. The molecule has 0 aliphatic rings. The van der Waals surface area contributed by atoms with Gasteiger partial charge in [-0.1, -0.05) is 13.8 Å². The fraction of sp³-hybridized carbons (Fsp3) is 0.500. The highest BCUT2D eigenvalue weighted by atomic mass is 16.3. The zero-order chi connectivity index (χ0) is 12.1. The van der Waals surface area contributed by atoms with Crippen molar-refractivity contribution in [2.75, 3.05) is 11.9 Å². The first-order chi connectivity index (χ1) is 7.54. The minimum Gasteiger partial charge on any atom is -0.394 e. The lowest BCUT2D eigenvalue weighted by molar-refractivity contribution is 0.0994. The molecule has 0 saturated carbocycles. The Morgan fingerprint density at radius 1 is 1.50 bits per heavy atom. The first-order valence-electron chi connectivity index (χ1n) is 5.05. The lowest BCUT2D eigenvalue weighted by Crippen LogP contribution is -2.30. The van der Waals surface area contributed by atoms with Gasteiger partial charge in [-0.2, -0.15) is 0 Å². The third-order valence-electron chi connectivity index (χ3n) is 2.25. The van der Waals surface area contributed by atoms with Gasteiger partial charge in [-0.05, 0) is 18.1 Å². The van der Waals surface area contributed by atoms with Gasteiger partial charge in [-0.15, -0.1) is 10.2 Å². The Labute approximate surface area is 93.9 Å². The molecular formula is C10H16N4O2. The van der Waals surface area contributed by atoms with Gasteiger partial charge in [0.15, 0.2) is 5.69 Å². The van der Waals surface area contributed by atoms with E-state index in [1.165, 1.54) is 6.07 Å². The van der Waals surface area contributed by atoms with E-state index in [0.29, 0.717) is 5.82 Å². The van der Waals surface area contributed by atoms with Gasteiger partial charge in [-0.3, -0.25) is 4.79 Å². The maximum Gasteiger partial charge on any atom is 0.269 e. The first kappa shape index (κ1) is 12.4. The Morgan fingerprint density at radius 3 is 2.56 bits per heavy atom. The van der Waals surface area contributed by atoms with Crippen molar-refractivity contribution >= 4 is 11.7 Å². The van der Waals surface area contributed by atoms with Gasteiger partial charge in [0.25, 0.3) is 5.91 Å². The van der Waals surface area contributed by atoms with Crippen LogP contribution in [0.4, 0.5) is 5.82 Å². The van der Waals surface area contributed by atoms with E-state index in [9.17, 15) is 4.79 Å². The summed E-state index contributed by atoms with van der Waals surface area (Å²) in [4.78, 5) is 10.8. The molecular weight excluding hydrogens is 208 g/mol. The normalized spacial score (nSPS) is 12.5. The summed E-state index contributed by atoms with van der Waals surface area (Å²) in [6.45, 7) is 3.98. The number of aromatic nitrogens is 2. The Kier molecular flexibility index (Phi) is 4.19. The summed E-state index contributed by atoms with van der Waals surface area (Å²) in [5.41, 5.74) is 5.16. The van der Waals surface area contributed by atoms with Crippen molar-refractivity contribution in [2.24, 2.45) is 11.7 Å². The third-order valence-corrected chi connectivity index (χ3v) is 2.25. The van der Waals surface area contributed by atoms with E-state index in [0.717, 1.165) is 0 Å². The average Bonchev–Trinajstić information content (AvgIpc) is 2.26. The maximum absolute atomic E-state index is 10.8. The van der Waals surface area contributed by atoms with Crippen LogP contribution in [0.15, 0.2) is 12.1 Å². The van der Waals surface area contributed by atoms with Crippen LogP contribution in [0, 0.1) is 5.92 Å². The highest BCUT2D eigenvalue weighted by Gasteiger charge is 2.12. The second kappa shape index (κ2) is 5.41. The molecule has 0 aliphatic heterocycles. The Bertz CT molecular complexity index is 350. The lowest BCUT2D eigenvalue weighted by atomic mass is 10.1. The fourth-order valence-corrected chi connectivity index (χ4v) is 1.15. The quantitative estimate of drug-likeness (QED) is 0.653. The van der Waals surface area contributed by atoms with Crippen LogP contribution in [0.25, 0.3) is 0 Å². The van der Waals surface area contributed by atoms with Crippen molar-refractivity contribution in [3.05, 3.63) is 17.8 Å². The summed E-state index contributed by atoms with van der Waals surface area (Å²) >= 11 is 0. The highest BCUT2D eigenvalue weighted by molar-refractivity contribution is 5.90. The van der Waals surface area contributed by atoms with Crippen molar-refractivity contribution in [3.8, 4) is 0 Å². The van der Waals surface area contributed by atoms with Crippen molar-refractivity contribution < 1.29 is 9.90 Å². The van der Waals surface area contributed by atoms with Gasteiger partial charge in [0.2, 0.25) is 0 Å². The molecule has 1 aromatic rings. The van der Waals surface area contributed by atoms with E-state index < -0.39 is 5.91 Å². The summed E-state index contributed by atoms with van der Waals surface area (Å²) in [6.07, 6.45) is 0. The van der Waals surface area contributed by atoms with Crippen molar-refractivity contribution in [1.29, 1.82) is 0 Å². The molecule has 1 rings (SSSR count). The Balaban J connectivity index is 2.71. The molecule has 4 N–H and O–H groups in total. The number of nitrogens with one attached hydrogen (secondary N) is 1. The fourth-order valence-electron chi connectivity index (χ4n) is 1.15. The Morgan fingerprint density at radius 2 is 2.19 bits per heavy atom. The van der Waals surface area contributed by atoms with Crippen LogP contribution in [-0.2, 0) is 0 Å². The van der Waals surface area contributed by atoms with E-state index in [2.05, 4.69) is 15.5 Å². The van der Waals surface area contributed by atoms with Gasteiger partial charge >= 0.3 is 0 Å². The van der Waals surface area contributed by atoms with E-state index in [1.54, 1.807) is 6.07 Å². The van der Waals surface area contributed by atoms with E-state index in [4.69, 9.17) is 10.8 Å². The zero-order valence-corrected chi connectivity index (χ0v) is 9.34. The van der Waals surface area contributed by atoms with E-state index in [-0.39, 0.29) is 24.3 Å². The molecule has 0 radical (unpaired) electrons. The molecule has 0 aromatic carbocycles. The first-order valence-corrected chi connectivity index (χ1v) is 5.05. The number of hydrogen-bond donors (Lipinski definition) is 3. The number of nitrogens with two attached hydrogens (primary N) is 1. The van der Waals surface area contributed by atoms with Crippen molar-refractivity contribution in [1.82, 2.24) is 10.2 Å². The van der Waals surface area contributed by atoms with Crippen LogP contribution < -0.4 is 11.1 Å². The standard InChI is InChI=1S/C10H16N4O2/c1-6(2)8(5-15)12-9-4-3-7(10(11)16)13-14-9/h3-4,6,8,15H,5H2,1-2H3,(H2,11,16)(H,12,14). The third kappa shape index (κ3) is 3.16. The molecule has 16 heavy (non-hydrogen) atoms. The molecule has 1 heterocycles. The van der Waals surface area contributed by atoms with Gasteiger partial charge in [-0.25, -0.2) is 0 Å². The van der Waals surface area contributed by atoms with Gasteiger partial charge in [0, 0.05) is 0 Å². The number of carbonyl (C=O) groups excluding carboxylic acids is 1. The zero-order valence-electron chi connectivity index (χ0n) is 9.34. The summed E-state index contributed by atoms with van der Waals surface area (Å²) in [5, 5.41) is 19.6. The summed E-state index contributed by atoms with van der Waals surface area (Å²) in [7, 11) is 0. The number of amides is 1. The number of anilines is 1. The van der Waals surface area contributed by atoms with Gasteiger partial charge in [0.05, 0.1) is 12.6 Å². The maximum atomic E-state index is 10.8. The van der Waals surface area contributed by atoms with Crippen LogP contribution in [-0.4, -0.2) is 33.9 Å². The minimum atomic E-state index is -0.610. The largest absolute Gasteiger partial charge is 0.394 e. The summed E-state index contributed by atoms with van der Waals surface area (Å²) in [6, 6.07) is 3.01. The molecule has 0 saturated heterocycles. The average molecular weight is 224 g/mol. The molecule has 0 bridgehead atoms. The van der Waals surface area contributed by atoms with Crippen molar-refractivity contribution in [3.63, 3.8) is 0 Å². The number of primary amides is 1. The molecule has 0 aliphatic carbocycles. The number of hydrogen-bond acceptors (Lipinski definition) is 5. The molecule has 88 valence electrons. The molecule has 1 atom stereocenters. The van der Waals surface area contributed by atoms with E-state index in [1.807, 2.05) is 13.8 Å². The predicted octanol–water partition coefficient (Wildman–Crippen LogP) is 0.00430. The summed E-state index contributed by atoms with van der Waals surface area (Å²) in [5.74, 6) is 0.169. The molecule has 1 unspecified atom stereocenters. The van der Waals surface area contributed by atoms with Crippen LogP contribution in [0.5, 0.6) is 0 Å². The van der Waals surface area contributed by atoms with Crippen molar-refractivity contribution in [2.45, 2.75) is 19.9 Å². The van der Waals surface area contributed by atoms with E-state index >= 15 is 0 Å². The smallest absolute Gasteiger partial charge is 0.269 e. The number of nitrogens with zero attached hydrogens (tertiary/aromatic N) is 2. The Hall–Kier alpha value is -1.69. The number of carbonyl (C=O) groups is 1. The minimum absolute atomic E-state index is 0.0108. The topological polar surface area (TPSA) is 101 Å². The molecule has 1 amide bonds.